The number of rotatable bonds is 14. The van der Waals surface area contributed by atoms with Crippen molar-refractivity contribution in [1.29, 1.82) is 0 Å². The molecule has 1 aromatic rings. The fourth-order valence-electron chi connectivity index (χ4n) is 2.70. The maximum absolute atomic E-state index is 12.8. The third-order valence-corrected chi connectivity index (χ3v) is 5.01. The van der Waals surface area contributed by atoms with Gasteiger partial charge in [0.15, 0.2) is 0 Å². The smallest absolute Gasteiger partial charge is 0.326 e. The molecule has 4 atom stereocenters. The largest absolute Gasteiger partial charge is 0.508 e. The van der Waals surface area contributed by atoms with E-state index in [2.05, 4.69) is 28.6 Å². The van der Waals surface area contributed by atoms with Gasteiger partial charge in [0.05, 0.1) is 12.6 Å². The van der Waals surface area contributed by atoms with Crippen LogP contribution in [0.15, 0.2) is 24.3 Å². The van der Waals surface area contributed by atoms with Crippen LogP contribution in [-0.2, 0) is 30.4 Å². The number of aromatic hydroxyl groups is 1. The number of nitrogens with two attached hydrogens (primary N) is 1. The van der Waals surface area contributed by atoms with Crippen molar-refractivity contribution >= 4 is 42.3 Å². The van der Waals surface area contributed by atoms with Gasteiger partial charge in [0.2, 0.25) is 17.7 Å². The Labute approximate surface area is 200 Å². The van der Waals surface area contributed by atoms with Crippen LogP contribution in [0.25, 0.3) is 0 Å². The lowest BCUT2D eigenvalue weighted by atomic mass is 10.0. The van der Waals surface area contributed by atoms with Gasteiger partial charge in [0.25, 0.3) is 0 Å². The molecule has 34 heavy (non-hydrogen) atoms. The van der Waals surface area contributed by atoms with Crippen LogP contribution >= 0.6 is 12.6 Å². The molecule has 0 bridgehead atoms. The number of nitrogens with one attached hydrogen (secondary N) is 3. The maximum atomic E-state index is 12.8. The molecule has 0 aliphatic rings. The van der Waals surface area contributed by atoms with Crippen LogP contribution < -0.4 is 21.7 Å². The van der Waals surface area contributed by atoms with Gasteiger partial charge >= 0.3 is 11.9 Å². The summed E-state index contributed by atoms with van der Waals surface area (Å²) in [5.74, 6) is -5.41. The number of carboxylic acid groups (broad SMARTS) is 2. The number of aliphatic hydroxyl groups excluding tert-OH is 1. The highest BCUT2D eigenvalue weighted by atomic mass is 32.1. The van der Waals surface area contributed by atoms with Crippen LogP contribution in [-0.4, -0.2) is 86.6 Å². The second kappa shape index (κ2) is 14.0. The van der Waals surface area contributed by atoms with Gasteiger partial charge in [-0.1, -0.05) is 12.1 Å². The molecule has 1 aromatic carbocycles. The molecule has 9 N–H and O–H groups in total. The van der Waals surface area contributed by atoms with Crippen LogP contribution in [0.1, 0.15) is 18.4 Å². The van der Waals surface area contributed by atoms with Gasteiger partial charge in [-0.05, 0) is 24.1 Å². The van der Waals surface area contributed by atoms with Crippen molar-refractivity contribution in [3.8, 4) is 5.75 Å². The lowest BCUT2D eigenvalue weighted by Gasteiger charge is -2.24. The summed E-state index contributed by atoms with van der Waals surface area (Å²) in [5.41, 5.74) is 6.18. The Morgan fingerprint density at radius 3 is 1.91 bits per heavy atom. The lowest BCUT2D eigenvalue weighted by molar-refractivity contribution is -0.143. The molecule has 0 aromatic heterocycles. The molecule has 4 unspecified atom stereocenters. The molecular formula is C20H28N4O9S. The number of benzene rings is 1. The minimum atomic E-state index is -1.59. The molecule has 0 spiro atoms. The number of carboxylic acids is 2. The predicted molar refractivity (Wildman–Crippen MR) is 121 cm³/mol. The molecule has 0 fully saturated rings. The first-order valence-electron chi connectivity index (χ1n) is 10.1. The van der Waals surface area contributed by atoms with Crippen LogP contribution in [0.4, 0.5) is 0 Å². The van der Waals surface area contributed by atoms with Crippen molar-refractivity contribution in [2.24, 2.45) is 5.73 Å². The minimum Gasteiger partial charge on any atom is -0.508 e. The monoisotopic (exact) mass is 500 g/mol. The maximum Gasteiger partial charge on any atom is 0.326 e. The van der Waals surface area contributed by atoms with E-state index in [1.54, 1.807) is 0 Å². The van der Waals surface area contributed by atoms with E-state index < -0.39 is 73.3 Å². The number of aliphatic hydroxyl groups is 1. The van der Waals surface area contributed by atoms with E-state index in [0.717, 1.165) is 0 Å². The van der Waals surface area contributed by atoms with Gasteiger partial charge in [-0.3, -0.25) is 19.2 Å². The molecule has 1 rings (SSSR count). The summed E-state index contributed by atoms with van der Waals surface area (Å²) in [5, 5.41) is 43.6. The Morgan fingerprint density at radius 1 is 0.882 bits per heavy atom. The molecule has 0 saturated carbocycles. The third kappa shape index (κ3) is 9.64. The van der Waals surface area contributed by atoms with Crippen LogP contribution in [0.2, 0.25) is 0 Å². The molecule has 0 radical (unpaired) electrons. The first kappa shape index (κ1) is 28.7. The quantitative estimate of drug-likeness (QED) is 0.123. The number of amides is 3. The third-order valence-electron chi connectivity index (χ3n) is 4.62. The van der Waals surface area contributed by atoms with Crippen LogP contribution in [0.5, 0.6) is 5.75 Å². The summed E-state index contributed by atoms with van der Waals surface area (Å²) in [6, 6.07) is 0.352. The van der Waals surface area contributed by atoms with Gasteiger partial charge in [-0.25, -0.2) is 4.79 Å². The van der Waals surface area contributed by atoms with Gasteiger partial charge in [-0.2, -0.15) is 12.6 Å². The molecule has 188 valence electrons. The Bertz CT molecular complexity index is 881. The summed E-state index contributed by atoms with van der Waals surface area (Å²) in [6.07, 6.45) is -1.00. The highest BCUT2D eigenvalue weighted by Crippen LogP contribution is 2.12. The fourth-order valence-corrected chi connectivity index (χ4v) is 2.87. The Hall–Kier alpha value is -3.36. The summed E-state index contributed by atoms with van der Waals surface area (Å²) < 4.78 is 0. The van der Waals surface area contributed by atoms with Gasteiger partial charge < -0.3 is 42.1 Å². The summed E-state index contributed by atoms with van der Waals surface area (Å²) in [4.78, 5) is 59.5. The fraction of sp³-hybridized carbons (Fsp3) is 0.450. The lowest BCUT2D eigenvalue weighted by Crippen LogP contribution is -2.58. The van der Waals surface area contributed by atoms with Gasteiger partial charge in [0, 0.05) is 18.6 Å². The molecule has 0 aliphatic carbocycles. The standard InChI is InChI=1S/C20H28N4O9S/c21-12(9-34)17(29)23-14(7-10-1-3-11(26)4-2-10)18(30)24-15(8-25)19(31)22-13(20(32)33)5-6-16(27)28/h1-4,12-15,25-26,34H,5-9,21H2,(H,22,31)(H,23,29)(H,24,30)(H,27,28)(H,32,33). The molecule has 0 aliphatic heterocycles. The average Bonchev–Trinajstić information content (AvgIpc) is 2.79. The highest BCUT2D eigenvalue weighted by Gasteiger charge is 2.30. The number of hydrogen-bond donors (Lipinski definition) is 9. The topological polar surface area (TPSA) is 228 Å². The van der Waals surface area contributed by atoms with Crippen LogP contribution in [0.3, 0.4) is 0 Å². The van der Waals surface area contributed by atoms with E-state index in [9.17, 15) is 39.3 Å². The SMILES string of the molecule is NC(CS)C(=O)NC(Cc1ccc(O)cc1)C(=O)NC(CO)C(=O)NC(CCC(=O)O)C(=O)O. The molecule has 0 heterocycles. The van der Waals surface area contributed by atoms with E-state index in [1.165, 1.54) is 24.3 Å². The zero-order valence-electron chi connectivity index (χ0n) is 18.0. The zero-order valence-corrected chi connectivity index (χ0v) is 18.9. The second-order valence-electron chi connectivity index (χ2n) is 7.30. The minimum absolute atomic E-state index is 0.00598. The predicted octanol–water partition coefficient (Wildman–Crippen LogP) is -2.41. The number of carbonyl (C=O) groups is 5. The summed E-state index contributed by atoms with van der Waals surface area (Å²) in [7, 11) is 0. The molecule has 0 saturated heterocycles. The number of thiol groups is 1. The van der Waals surface area contributed by atoms with E-state index in [-0.39, 0.29) is 17.9 Å². The van der Waals surface area contributed by atoms with Crippen molar-refractivity contribution in [1.82, 2.24) is 16.0 Å². The van der Waals surface area contributed by atoms with Gasteiger partial charge in [-0.15, -0.1) is 0 Å². The van der Waals surface area contributed by atoms with Crippen LogP contribution in [0, 0.1) is 0 Å². The first-order valence-corrected chi connectivity index (χ1v) is 10.7. The Morgan fingerprint density at radius 2 is 1.41 bits per heavy atom. The number of hydrogen-bond acceptors (Lipinski definition) is 9. The molecule has 3 amide bonds. The van der Waals surface area contributed by atoms with E-state index >= 15 is 0 Å². The van der Waals surface area contributed by atoms with Crippen molar-refractivity contribution in [3.05, 3.63) is 29.8 Å². The summed E-state index contributed by atoms with van der Waals surface area (Å²) in [6.45, 7) is -0.904. The Kier molecular flexibility index (Phi) is 11.8. The average molecular weight is 501 g/mol. The van der Waals surface area contributed by atoms with Crippen molar-refractivity contribution in [2.45, 2.75) is 43.4 Å². The number of phenols is 1. The summed E-state index contributed by atoms with van der Waals surface area (Å²) >= 11 is 3.93. The van der Waals surface area contributed by atoms with E-state index in [0.29, 0.717) is 5.56 Å². The molecule has 13 nitrogen and oxygen atoms in total. The number of aliphatic carboxylic acids is 2. The van der Waals surface area contributed by atoms with Crippen molar-refractivity contribution in [2.75, 3.05) is 12.4 Å². The zero-order chi connectivity index (χ0) is 25.8. The van der Waals surface area contributed by atoms with Crippen molar-refractivity contribution in [3.63, 3.8) is 0 Å². The van der Waals surface area contributed by atoms with Crippen molar-refractivity contribution < 1.29 is 44.4 Å². The number of carbonyl (C=O) groups excluding carboxylic acids is 3. The van der Waals surface area contributed by atoms with E-state index in [4.69, 9.17) is 10.8 Å². The molecule has 14 heteroatoms. The normalized spacial score (nSPS) is 14.2. The first-order chi connectivity index (χ1) is 16.0. The van der Waals surface area contributed by atoms with E-state index in [1.807, 2.05) is 0 Å². The number of phenolic OH excluding ortho intramolecular Hbond substituents is 1. The molecular weight excluding hydrogens is 472 g/mol. The Balaban J connectivity index is 2.97. The second-order valence-corrected chi connectivity index (χ2v) is 7.66. The highest BCUT2D eigenvalue weighted by molar-refractivity contribution is 7.80. The van der Waals surface area contributed by atoms with Gasteiger partial charge in [0.1, 0.15) is 23.9 Å².